The second-order valence-corrected chi connectivity index (χ2v) is 4.30. The van der Waals surface area contributed by atoms with Gasteiger partial charge in [-0.15, -0.1) is 12.4 Å². The summed E-state index contributed by atoms with van der Waals surface area (Å²) in [6, 6.07) is -0.210. The maximum Gasteiger partial charge on any atom is 0.416 e. The van der Waals surface area contributed by atoms with E-state index in [1.807, 2.05) is 0 Å². The Morgan fingerprint density at radius 3 is 2.00 bits per heavy atom. The second-order valence-electron chi connectivity index (χ2n) is 4.30. The number of alkyl halides is 6. The van der Waals surface area contributed by atoms with E-state index in [-0.39, 0.29) is 24.9 Å². The Labute approximate surface area is 123 Å². The lowest BCUT2D eigenvalue weighted by atomic mass is 9.93. The number of aliphatic hydroxyl groups is 1. The molecule has 0 spiro atoms. The normalized spacial score (nSPS) is 15.3. The molecule has 0 aliphatic rings. The molecule has 2 atom stereocenters. The summed E-state index contributed by atoms with van der Waals surface area (Å²) in [4.78, 5) is 0. The number of hydrogen-bond donors (Lipinski definition) is 2. The highest BCUT2D eigenvalue weighted by Crippen LogP contribution is 2.39. The van der Waals surface area contributed by atoms with Gasteiger partial charge in [0, 0.05) is 0 Å². The van der Waals surface area contributed by atoms with Crippen LogP contribution in [0.3, 0.4) is 0 Å². The molecule has 0 saturated heterocycles. The molecule has 0 fully saturated rings. The highest BCUT2D eigenvalue weighted by Gasteiger charge is 2.39. The van der Waals surface area contributed by atoms with E-state index in [1.54, 1.807) is 0 Å². The number of halogens is 7. The van der Waals surface area contributed by atoms with Crippen LogP contribution in [0.15, 0.2) is 18.2 Å². The van der Waals surface area contributed by atoms with Crippen LogP contribution in [0.4, 0.5) is 26.3 Å². The molecule has 1 aromatic carbocycles. The minimum absolute atomic E-state index is 0. The highest BCUT2D eigenvalue weighted by atomic mass is 35.5. The predicted molar refractivity (Wildman–Crippen MR) is 66.9 cm³/mol. The summed E-state index contributed by atoms with van der Waals surface area (Å²) in [6.07, 6.45) is -11.1. The predicted octanol–water partition coefficient (Wildman–Crippen LogP) is 3.92. The van der Waals surface area contributed by atoms with Crippen LogP contribution in [0.5, 0.6) is 0 Å². The van der Waals surface area contributed by atoms with Crippen LogP contribution in [0, 0.1) is 0 Å². The standard InChI is InChI=1S/C12H13F6NO.ClH/c1-2-9(20)10(19)7-4-3-6(11(13,14)15)5-8(7)12(16,17)18;/h3-5,9-10,20H,2,19H2,1H3;1H/t9-,10+;/m0./s1. The largest absolute Gasteiger partial charge is 0.416 e. The minimum atomic E-state index is -4.98. The highest BCUT2D eigenvalue weighted by molar-refractivity contribution is 5.85. The van der Waals surface area contributed by atoms with Gasteiger partial charge in [0.25, 0.3) is 0 Å². The van der Waals surface area contributed by atoms with Gasteiger partial charge in [0.15, 0.2) is 0 Å². The molecule has 3 N–H and O–H groups in total. The Hall–Kier alpha value is -0.990. The fraction of sp³-hybridized carbons (Fsp3) is 0.500. The van der Waals surface area contributed by atoms with Crippen molar-refractivity contribution >= 4 is 12.4 Å². The van der Waals surface area contributed by atoms with E-state index in [0.29, 0.717) is 12.1 Å². The number of nitrogens with two attached hydrogens (primary N) is 1. The number of aliphatic hydroxyl groups excluding tert-OH is 1. The van der Waals surface area contributed by atoms with E-state index < -0.39 is 41.2 Å². The van der Waals surface area contributed by atoms with Crippen molar-refractivity contribution in [1.29, 1.82) is 0 Å². The van der Waals surface area contributed by atoms with Crippen LogP contribution in [0.1, 0.15) is 36.1 Å². The zero-order valence-corrected chi connectivity index (χ0v) is 11.6. The Bertz CT molecular complexity index is 474. The third-order valence-electron chi connectivity index (χ3n) is 2.88. The number of hydrogen-bond acceptors (Lipinski definition) is 2. The van der Waals surface area contributed by atoms with Crippen molar-refractivity contribution < 1.29 is 31.4 Å². The maximum absolute atomic E-state index is 12.8. The van der Waals surface area contributed by atoms with Gasteiger partial charge in [0.1, 0.15) is 0 Å². The Kier molecular flexibility index (Phi) is 6.52. The van der Waals surface area contributed by atoms with Crippen molar-refractivity contribution in [2.45, 2.75) is 37.8 Å². The summed E-state index contributed by atoms with van der Waals surface area (Å²) < 4.78 is 75.9. The van der Waals surface area contributed by atoms with Crippen LogP contribution < -0.4 is 5.73 Å². The van der Waals surface area contributed by atoms with Crippen LogP contribution in [-0.4, -0.2) is 11.2 Å². The fourth-order valence-corrected chi connectivity index (χ4v) is 1.73. The smallest absolute Gasteiger partial charge is 0.391 e. The summed E-state index contributed by atoms with van der Waals surface area (Å²) in [6.45, 7) is 1.50. The molecule has 0 aromatic heterocycles. The van der Waals surface area contributed by atoms with Crippen molar-refractivity contribution in [1.82, 2.24) is 0 Å². The lowest BCUT2D eigenvalue weighted by molar-refractivity contribution is -0.143. The van der Waals surface area contributed by atoms with Gasteiger partial charge in [0.05, 0.1) is 23.3 Å². The quantitative estimate of drug-likeness (QED) is 0.821. The number of benzene rings is 1. The van der Waals surface area contributed by atoms with Crippen molar-refractivity contribution in [2.24, 2.45) is 5.73 Å². The molecule has 1 rings (SSSR count). The summed E-state index contributed by atoms with van der Waals surface area (Å²) in [5, 5.41) is 9.48. The first kappa shape index (κ1) is 20.0. The van der Waals surface area contributed by atoms with E-state index >= 15 is 0 Å². The SMILES string of the molecule is CC[C@H](O)[C@H](N)c1ccc(C(F)(F)F)cc1C(F)(F)F.Cl. The first-order valence-corrected chi connectivity index (χ1v) is 5.70. The zero-order valence-electron chi connectivity index (χ0n) is 10.8. The van der Waals surface area contributed by atoms with Crippen LogP contribution >= 0.6 is 12.4 Å². The Morgan fingerprint density at radius 2 is 1.62 bits per heavy atom. The lowest BCUT2D eigenvalue weighted by Gasteiger charge is -2.23. The third-order valence-corrected chi connectivity index (χ3v) is 2.88. The summed E-state index contributed by atoms with van der Waals surface area (Å²) >= 11 is 0. The van der Waals surface area contributed by atoms with Gasteiger partial charge >= 0.3 is 12.4 Å². The first-order chi connectivity index (χ1) is 8.98. The first-order valence-electron chi connectivity index (χ1n) is 5.70. The van der Waals surface area contributed by atoms with E-state index in [0.717, 1.165) is 0 Å². The maximum atomic E-state index is 12.8. The number of rotatable bonds is 3. The molecule has 0 aliphatic carbocycles. The molecule has 0 aliphatic heterocycles. The summed E-state index contributed by atoms with van der Waals surface area (Å²) in [5.41, 5.74) is 2.03. The Balaban J connectivity index is 0.00000400. The molecule has 0 heterocycles. The van der Waals surface area contributed by atoms with Crippen LogP contribution in [-0.2, 0) is 12.4 Å². The van der Waals surface area contributed by atoms with Crippen LogP contribution in [0.2, 0.25) is 0 Å². The molecule has 0 bridgehead atoms. The van der Waals surface area contributed by atoms with Crippen LogP contribution in [0.25, 0.3) is 0 Å². The van der Waals surface area contributed by atoms with Crippen molar-refractivity contribution in [3.05, 3.63) is 34.9 Å². The summed E-state index contributed by atoms with van der Waals surface area (Å²) in [7, 11) is 0. The average molecular weight is 338 g/mol. The van der Waals surface area contributed by atoms with Crippen molar-refractivity contribution in [3.8, 4) is 0 Å². The molecule has 0 amide bonds. The fourth-order valence-electron chi connectivity index (χ4n) is 1.73. The zero-order chi connectivity index (χ0) is 15.7. The molecule has 21 heavy (non-hydrogen) atoms. The van der Waals surface area contributed by atoms with Gasteiger partial charge in [-0.1, -0.05) is 13.0 Å². The van der Waals surface area contributed by atoms with E-state index in [9.17, 15) is 31.4 Å². The molecule has 0 saturated carbocycles. The monoisotopic (exact) mass is 337 g/mol. The molecule has 9 heteroatoms. The van der Waals surface area contributed by atoms with Crippen molar-refractivity contribution in [2.75, 3.05) is 0 Å². The third kappa shape index (κ3) is 4.76. The molecule has 0 unspecified atom stereocenters. The molecule has 0 radical (unpaired) electrons. The summed E-state index contributed by atoms with van der Waals surface area (Å²) in [5.74, 6) is 0. The molecular weight excluding hydrogens is 324 g/mol. The van der Waals surface area contributed by atoms with E-state index in [1.165, 1.54) is 6.92 Å². The molecule has 1 aromatic rings. The molecule has 122 valence electrons. The lowest BCUT2D eigenvalue weighted by Crippen LogP contribution is -2.28. The average Bonchev–Trinajstić information content (AvgIpc) is 2.34. The van der Waals surface area contributed by atoms with E-state index in [2.05, 4.69) is 0 Å². The second kappa shape index (κ2) is 6.85. The van der Waals surface area contributed by atoms with Gasteiger partial charge in [-0.25, -0.2) is 0 Å². The van der Waals surface area contributed by atoms with Gasteiger partial charge in [-0.3, -0.25) is 0 Å². The van der Waals surface area contributed by atoms with E-state index in [4.69, 9.17) is 5.73 Å². The van der Waals surface area contributed by atoms with Gasteiger partial charge in [-0.05, 0) is 24.1 Å². The molecular formula is C12H14ClF6NO. The molecule has 2 nitrogen and oxygen atoms in total. The van der Waals surface area contributed by atoms with Gasteiger partial charge in [-0.2, -0.15) is 26.3 Å². The Morgan fingerprint density at radius 1 is 1.10 bits per heavy atom. The van der Waals surface area contributed by atoms with Gasteiger partial charge in [0.2, 0.25) is 0 Å². The minimum Gasteiger partial charge on any atom is -0.391 e. The van der Waals surface area contributed by atoms with Gasteiger partial charge < -0.3 is 10.8 Å². The van der Waals surface area contributed by atoms with Crippen molar-refractivity contribution in [3.63, 3.8) is 0 Å². The topological polar surface area (TPSA) is 46.2 Å².